The molecule has 1 N–H and O–H groups in total. The van der Waals surface area contributed by atoms with E-state index in [2.05, 4.69) is 15.3 Å². The number of piperidine rings is 1. The van der Waals surface area contributed by atoms with E-state index >= 15 is 0 Å². The summed E-state index contributed by atoms with van der Waals surface area (Å²) in [4.78, 5) is 36.4. The summed E-state index contributed by atoms with van der Waals surface area (Å²) in [5, 5.41) is 3.04. The number of rotatable bonds is 8. The molecule has 0 spiro atoms. The number of carbonyl (C=O) groups is 1. The summed E-state index contributed by atoms with van der Waals surface area (Å²) in [5.74, 6) is 3.13. The zero-order valence-corrected chi connectivity index (χ0v) is 18.4. The van der Waals surface area contributed by atoms with Crippen LogP contribution >= 0.6 is 11.8 Å². The third kappa shape index (κ3) is 4.92. The fourth-order valence-electron chi connectivity index (χ4n) is 3.87. The van der Waals surface area contributed by atoms with Gasteiger partial charge in [-0.2, -0.15) is 11.8 Å². The Morgan fingerprint density at radius 1 is 1.29 bits per heavy atom. The van der Waals surface area contributed by atoms with E-state index < -0.39 is 0 Å². The number of furan rings is 1. The number of hydrogen-bond acceptors (Lipinski definition) is 7. The van der Waals surface area contributed by atoms with Crippen molar-refractivity contribution in [2.75, 3.05) is 30.3 Å². The van der Waals surface area contributed by atoms with Gasteiger partial charge in [0.25, 0.3) is 5.56 Å². The van der Waals surface area contributed by atoms with Crippen molar-refractivity contribution in [3.05, 3.63) is 52.8 Å². The van der Waals surface area contributed by atoms with Crippen molar-refractivity contribution in [3.8, 4) is 0 Å². The maximum atomic E-state index is 12.9. The lowest BCUT2D eigenvalue weighted by molar-refractivity contribution is -0.125. The molecular formula is C22H27N5O3S. The maximum absolute atomic E-state index is 12.9. The molecule has 0 aliphatic carbocycles. The normalized spacial score (nSPS) is 14.8. The smallest absolute Gasteiger partial charge is 0.295 e. The van der Waals surface area contributed by atoms with Crippen molar-refractivity contribution in [3.63, 3.8) is 0 Å². The van der Waals surface area contributed by atoms with Crippen LogP contribution in [0.4, 0.5) is 5.82 Å². The average Bonchev–Trinajstić information content (AvgIpc) is 3.32. The number of carbonyl (C=O) groups excluding carboxylic acids is 1. The van der Waals surface area contributed by atoms with Gasteiger partial charge in [-0.25, -0.2) is 9.97 Å². The van der Waals surface area contributed by atoms with Crippen molar-refractivity contribution in [1.82, 2.24) is 19.9 Å². The van der Waals surface area contributed by atoms with Gasteiger partial charge in [0.15, 0.2) is 11.5 Å². The first-order valence-corrected chi connectivity index (χ1v) is 11.8. The molecule has 3 aromatic heterocycles. The van der Waals surface area contributed by atoms with Gasteiger partial charge in [0, 0.05) is 44.0 Å². The molecule has 4 rings (SSSR count). The summed E-state index contributed by atoms with van der Waals surface area (Å²) in [7, 11) is 0. The van der Waals surface area contributed by atoms with Gasteiger partial charge in [-0.05, 0) is 44.0 Å². The molecule has 3 aromatic rings. The van der Waals surface area contributed by atoms with Gasteiger partial charge in [0.05, 0.1) is 12.0 Å². The molecule has 0 saturated carbocycles. The van der Waals surface area contributed by atoms with Crippen LogP contribution in [0.2, 0.25) is 0 Å². The van der Waals surface area contributed by atoms with Gasteiger partial charge in [-0.3, -0.25) is 14.2 Å². The Labute approximate surface area is 185 Å². The monoisotopic (exact) mass is 441 g/mol. The maximum Gasteiger partial charge on any atom is 0.295 e. The van der Waals surface area contributed by atoms with E-state index in [1.165, 1.54) is 0 Å². The summed E-state index contributed by atoms with van der Waals surface area (Å²) >= 11 is 1.74. The van der Waals surface area contributed by atoms with Crippen molar-refractivity contribution >= 4 is 34.7 Å². The number of pyridine rings is 1. The van der Waals surface area contributed by atoms with Gasteiger partial charge >= 0.3 is 0 Å². The Balaban J connectivity index is 1.30. The largest absolute Gasteiger partial charge is 0.468 e. The first-order chi connectivity index (χ1) is 15.2. The highest BCUT2D eigenvalue weighted by atomic mass is 32.2. The van der Waals surface area contributed by atoms with Crippen LogP contribution < -0.4 is 15.8 Å². The Morgan fingerprint density at radius 2 is 2.13 bits per heavy atom. The van der Waals surface area contributed by atoms with E-state index in [1.54, 1.807) is 28.8 Å². The van der Waals surface area contributed by atoms with Crippen LogP contribution in [0.15, 0.2) is 45.9 Å². The molecule has 0 aromatic carbocycles. The van der Waals surface area contributed by atoms with Crippen molar-refractivity contribution in [2.24, 2.45) is 5.92 Å². The van der Waals surface area contributed by atoms with Crippen LogP contribution in [0.5, 0.6) is 0 Å². The standard InChI is InChI=1S/C22H27N5O3S/c1-2-27-19-18(6-3-9-23-19)25-20(22(27)29)26-11-7-16(8-12-26)21(28)24-10-14-31-15-17-5-4-13-30-17/h3-6,9,13,16H,2,7-8,10-12,14-15H2,1H3,(H,24,28). The molecule has 1 saturated heterocycles. The molecule has 1 amide bonds. The zero-order valence-electron chi connectivity index (χ0n) is 17.6. The van der Waals surface area contributed by atoms with Gasteiger partial charge in [-0.15, -0.1) is 0 Å². The topological polar surface area (TPSA) is 93.3 Å². The molecule has 4 heterocycles. The third-order valence-electron chi connectivity index (χ3n) is 5.54. The molecule has 8 nitrogen and oxygen atoms in total. The first kappa shape index (κ1) is 21.4. The van der Waals surface area contributed by atoms with E-state index in [-0.39, 0.29) is 17.4 Å². The molecule has 0 radical (unpaired) electrons. The van der Waals surface area contributed by atoms with Crippen LogP contribution in [0.3, 0.4) is 0 Å². The van der Waals surface area contributed by atoms with Gasteiger partial charge in [0.2, 0.25) is 5.91 Å². The van der Waals surface area contributed by atoms with Crippen molar-refractivity contribution in [2.45, 2.75) is 32.1 Å². The van der Waals surface area contributed by atoms with E-state index in [0.717, 1.165) is 17.3 Å². The molecule has 31 heavy (non-hydrogen) atoms. The number of thioether (sulfide) groups is 1. The number of hydrogen-bond donors (Lipinski definition) is 1. The van der Waals surface area contributed by atoms with Crippen LogP contribution in [-0.2, 0) is 17.1 Å². The summed E-state index contributed by atoms with van der Waals surface area (Å²) in [6.07, 6.45) is 4.77. The highest BCUT2D eigenvalue weighted by Gasteiger charge is 2.27. The second-order valence-corrected chi connectivity index (χ2v) is 8.62. The molecule has 9 heteroatoms. The number of fused-ring (bicyclic) bond motifs is 1. The van der Waals surface area contributed by atoms with Crippen LogP contribution in [0, 0.1) is 5.92 Å². The summed E-state index contributed by atoms with van der Waals surface area (Å²) in [6.45, 7) is 4.40. The quantitative estimate of drug-likeness (QED) is 0.537. The van der Waals surface area contributed by atoms with E-state index in [4.69, 9.17) is 4.42 Å². The minimum absolute atomic E-state index is 0.0261. The second kappa shape index (κ2) is 10.00. The third-order valence-corrected chi connectivity index (χ3v) is 6.52. The van der Waals surface area contributed by atoms with Gasteiger partial charge in [-0.1, -0.05) is 0 Å². The number of amides is 1. The summed E-state index contributed by atoms with van der Waals surface area (Å²) in [6, 6.07) is 7.54. The number of nitrogens with one attached hydrogen (secondary N) is 1. The van der Waals surface area contributed by atoms with Crippen molar-refractivity contribution in [1.29, 1.82) is 0 Å². The molecule has 0 atom stereocenters. The summed E-state index contributed by atoms with van der Waals surface area (Å²) < 4.78 is 6.97. The van der Waals surface area contributed by atoms with Crippen LogP contribution in [0.25, 0.3) is 11.2 Å². The fraction of sp³-hybridized carbons (Fsp3) is 0.455. The minimum atomic E-state index is -0.120. The lowest BCUT2D eigenvalue weighted by Gasteiger charge is -2.32. The lowest BCUT2D eigenvalue weighted by Crippen LogP contribution is -2.43. The van der Waals surface area contributed by atoms with E-state index in [9.17, 15) is 9.59 Å². The Morgan fingerprint density at radius 3 is 2.87 bits per heavy atom. The molecule has 164 valence electrons. The van der Waals surface area contributed by atoms with E-state index in [1.807, 2.05) is 36.1 Å². The predicted molar refractivity (Wildman–Crippen MR) is 122 cm³/mol. The second-order valence-electron chi connectivity index (χ2n) is 7.52. The number of aromatic nitrogens is 3. The molecule has 1 fully saturated rings. The minimum Gasteiger partial charge on any atom is -0.468 e. The molecule has 1 aliphatic heterocycles. The Hall–Kier alpha value is -2.81. The zero-order chi connectivity index (χ0) is 21.6. The van der Waals surface area contributed by atoms with E-state index in [0.29, 0.717) is 56.0 Å². The van der Waals surface area contributed by atoms with Crippen LogP contribution in [-0.4, -0.2) is 45.8 Å². The fourth-order valence-corrected chi connectivity index (χ4v) is 4.63. The highest BCUT2D eigenvalue weighted by molar-refractivity contribution is 7.98. The number of aryl methyl sites for hydroxylation is 1. The summed E-state index contributed by atoms with van der Waals surface area (Å²) in [5.41, 5.74) is 1.20. The molecule has 1 aliphatic rings. The molecule has 0 bridgehead atoms. The SMILES string of the molecule is CCn1c(=O)c(N2CCC(C(=O)NCCSCc3ccco3)CC2)nc2cccnc21. The van der Waals surface area contributed by atoms with Crippen molar-refractivity contribution < 1.29 is 9.21 Å². The Kier molecular flexibility index (Phi) is 6.91. The number of nitrogens with zero attached hydrogens (tertiary/aromatic N) is 4. The highest BCUT2D eigenvalue weighted by Crippen LogP contribution is 2.21. The lowest BCUT2D eigenvalue weighted by atomic mass is 9.96. The van der Waals surface area contributed by atoms with Gasteiger partial charge in [0.1, 0.15) is 11.3 Å². The number of anilines is 1. The molecule has 0 unspecified atom stereocenters. The predicted octanol–water partition coefficient (Wildman–Crippen LogP) is 2.67. The first-order valence-electron chi connectivity index (χ1n) is 10.7. The Bertz CT molecular complexity index is 1070. The molecular weight excluding hydrogens is 414 g/mol. The average molecular weight is 442 g/mol. The van der Waals surface area contributed by atoms with Gasteiger partial charge < -0.3 is 14.6 Å². The van der Waals surface area contributed by atoms with Crippen LogP contribution in [0.1, 0.15) is 25.5 Å².